The van der Waals surface area contributed by atoms with E-state index in [0.717, 1.165) is 46.4 Å². The van der Waals surface area contributed by atoms with E-state index in [1.54, 1.807) is 24.5 Å². The van der Waals surface area contributed by atoms with Crippen LogP contribution in [-0.4, -0.2) is 94.7 Å². The van der Waals surface area contributed by atoms with Crippen LogP contribution in [0.25, 0.3) is 10.6 Å². The van der Waals surface area contributed by atoms with Crippen molar-refractivity contribution in [2.24, 2.45) is 5.10 Å². The smallest absolute Gasteiger partial charge is 0.303 e. The number of carbonyl (C=O) groups is 6. The molecule has 0 radical (unpaired) electrons. The predicted octanol–water partition coefficient (Wildman–Crippen LogP) is 0.404. The Morgan fingerprint density at radius 1 is 0.884 bits per heavy atom. The second-order valence-electron chi connectivity index (χ2n) is 8.49. The summed E-state index contributed by atoms with van der Waals surface area (Å²) in [4.78, 5) is 75.5. The number of esters is 5. The van der Waals surface area contributed by atoms with E-state index in [1.165, 1.54) is 11.3 Å². The molecule has 0 aliphatic carbocycles. The highest BCUT2D eigenvalue weighted by Gasteiger charge is 2.43. The van der Waals surface area contributed by atoms with Gasteiger partial charge < -0.3 is 29.0 Å². The molecule has 0 fully saturated rings. The Balaban J connectivity index is 2.22. The number of ether oxygens (including phenoxy) is 5. The molecule has 2 N–H and O–H groups in total. The Hall–Kier alpha value is -5.00. The molecule has 0 aliphatic heterocycles. The highest BCUT2D eigenvalue weighted by Crippen LogP contribution is 2.25. The maximum absolute atomic E-state index is 12.4. The van der Waals surface area contributed by atoms with Crippen LogP contribution in [0.3, 0.4) is 0 Å². The molecule has 0 aliphatic rings. The van der Waals surface area contributed by atoms with Crippen molar-refractivity contribution in [2.45, 2.75) is 59.0 Å². The maximum atomic E-state index is 12.4. The quantitative estimate of drug-likeness (QED) is 0.119. The standard InChI is InChI=1S/C25H30N6O11S/c1-13(32)38-12-20(40-15(3)34)23(42-17(5)36)22(41-16(4)35)19(39-14(2)33)10-28-29-21(37)11-27-25-31-30-24(43-25)18-7-6-8-26-9-18/h6-10,19-20,22-23H,11-12H2,1-5H3,(H,27,31)(H,29,37)/t19-,20+,22+,23-/m0/s1. The van der Waals surface area contributed by atoms with Crippen LogP contribution in [0.15, 0.2) is 29.6 Å². The molecular weight excluding hydrogens is 592 g/mol. The second-order valence-corrected chi connectivity index (χ2v) is 9.47. The lowest BCUT2D eigenvalue weighted by Crippen LogP contribution is -2.53. The fourth-order valence-electron chi connectivity index (χ4n) is 3.32. The van der Waals surface area contributed by atoms with Gasteiger partial charge in [-0.05, 0) is 12.1 Å². The zero-order valence-electron chi connectivity index (χ0n) is 23.8. The van der Waals surface area contributed by atoms with Gasteiger partial charge in [0.15, 0.2) is 29.4 Å². The monoisotopic (exact) mass is 622 g/mol. The van der Waals surface area contributed by atoms with Crippen LogP contribution in [-0.2, 0) is 52.5 Å². The summed E-state index contributed by atoms with van der Waals surface area (Å²) in [7, 11) is 0. The summed E-state index contributed by atoms with van der Waals surface area (Å²) in [5, 5.41) is 15.5. The van der Waals surface area contributed by atoms with Crippen LogP contribution in [0.2, 0.25) is 0 Å². The molecule has 2 rings (SSSR count). The lowest BCUT2D eigenvalue weighted by Gasteiger charge is -2.34. The molecule has 43 heavy (non-hydrogen) atoms. The van der Waals surface area contributed by atoms with E-state index >= 15 is 0 Å². The molecule has 0 bridgehead atoms. The van der Waals surface area contributed by atoms with E-state index < -0.39 is 66.8 Å². The third-order valence-corrected chi connectivity index (χ3v) is 5.76. The topological polar surface area (TPSA) is 224 Å². The van der Waals surface area contributed by atoms with E-state index in [-0.39, 0.29) is 6.54 Å². The van der Waals surface area contributed by atoms with Gasteiger partial charge in [-0.15, -0.1) is 10.2 Å². The zero-order chi connectivity index (χ0) is 31.9. The number of hydrogen-bond donors (Lipinski definition) is 2. The molecule has 1 amide bonds. The first-order valence-electron chi connectivity index (χ1n) is 12.5. The zero-order valence-corrected chi connectivity index (χ0v) is 24.6. The average molecular weight is 623 g/mol. The van der Waals surface area contributed by atoms with Gasteiger partial charge in [-0.2, -0.15) is 5.10 Å². The van der Waals surface area contributed by atoms with Crippen LogP contribution in [0, 0.1) is 0 Å². The SMILES string of the molecule is CC(=O)OC[C@@H](OC(C)=O)[C@H](OC(C)=O)[C@H](OC(C)=O)[C@H](C=NNC(=O)CNc1nnc(-c2cccnc2)s1)OC(C)=O. The van der Waals surface area contributed by atoms with Crippen LogP contribution in [0.4, 0.5) is 5.13 Å². The van der Waals surface area contributed by atoms with Crippen molar-refractivity contribution in [3.05, 3.63) is 24.5 Å². The number of nitrogens with zero attached hydrogens (tertiary/aromatic N) is 4. The number of hydrogen-bond acceptors (Lipinski definition) is 17. The molecule has 18 heteroatoms. The van der Waals surface area contributed by atoms with Crippen molar-refractivity contribution in [2.75, 3.05) is 18.5 Å². The molecule has 2 aromatic rings. The van der Waals surface area contributed by atoms with Gasteiger partial charge in [-0.25, -0.2) is 5.43 Å². The summed E-state index contributed by atoms with van der Waals surface area (Å²) in [5.41, 5.74) is 2.95. The second kappa shape index (κ2) is 17.1. The lowest BCUT2D eigenvalue weighted by atomic mass is 10.0. The minimum absolute atomic E-state index is 0.280. The summed E-state index contributed by atoms with van der Waals surface area (Å²) in [6.07, 6.45) is -2.26. The first-order valence-corrected chi connectivity index (χ1v) is 13.3. The van der Waals surface area contributed by atoms with Gasteiger partial charge in [0.1, 0.15) is 6.61 Å². The fraction of sp³-hybridized carbons (Fsp3) is 0.440. The number of hydrazone groups is 1. The molecule has 0 spiro atoms. The van der Waals surface area contributed by atoms with Crippen molar-refractivity contribution >= 4 is 58.4 Å². The van der Waals surface area contributed by atoms with Crippen molar-refractivity contribution < 1.29 is 52.5 Å². The van der Waals surface area contributed by atoms with E-state index in [9.17, 15) is 28.8 Å². The van der Waals surface area contributed by atoms with Gasteiger partial charge in [0.25, 0.3) is 5.91 Å². The van der Waals surface area contributed by atoms with E-state index in [2.05, 4.69) is 31.0 Å². The van der Waals surface area contributed by atoms with Crippen molar-refractivity contribution in [1.29, 1.82) is 0 Å². The fourth-order valence-corrected chi connectivity index (χ4v) is 4.05. The van der Waals surface area contributed by atoms with Crippen LogP contribution in [0.5, 0.6) is 0 Å². The number of nitrogens with one attached hydrogen (secondary N) is 2. The molecule has 0 saturated carbocycles. The first kappa shape index (κ1) is 34.2. The molecule has 2 aromatic heterocycles. The number of anilines is 1. The third kappa shape index (κ3) is 12.6. The largest absolute Gasteiger partial charge is 0.462 e. The number of pyridine rings is 1. The summed E-state index contributed by atoms with van der Waals surface area (Å²) in [6, 6.07) is 3.55. The van der Waals surface area contributed by atoms with Gasteiger partial charge in [0.05, 0.1) is 12.8 Å². The Bertz CT molecular complexity index is 1320. The molecule has 0 aromatic carbocycles. The lowest BCUT2D eigenvalue weighted by molar-refractivity contribution is -0.197. The molecule has 4 atom stereocenters. The van der Waals surface area contributed by atoms with Gasteiger partial charge in [0.2, 0.25) is 5.13 Å². The molecule has 0 saturated heterocycles. The minimum atomic E-state index is -1.67. The Kier molecular flexibility index (Phi) is 13.6. The molecule has 2 heterocycles. The molecule has 17 nitrogen and oxygen atoms in total. The molecule has 0 unspecified atom stereocenters. The van der Waals surface area contributed by atoms with Gasteiger partial charge in [0, 0.05) is 52.6 Å². The molecule has 232 valence electrons. The number of aromatic nitrogens is 3. The minimum Gasteiger partial charge on any atom is -0.462 e. The number of rotatable bonds is 15. The Labute approximate surface area is 249 Å². The van der Waals surface area contributed by atoms with Crippen LogP contribution >= 0.6 is 11.3 Å². The summed E-state index contributed by atoms with van der Waals surface area (Å²) in [6.45, 7) is 4.33. The van der Waals surface area contributed by atoms with Crippen molar-refractivity contribution in [1.82, 2.24) is 20.6 Å². The third-order valence-electron chi connectivity index (χ3n) is 4.83. The molecular formula is C25H30N6O11S. The summed E-state index contributed by atoms with van der Waals surface area (Å²) >= 11 is 1.19. The van der Waals surface area contributed by atoms with Crippen LogP contribution in [0.1, 0.15) is 34.6 Å². The van der Waals surface area contributed by atoms with E-state index in [1.807, 2.05) is 0 Å². The normalized spacial score (nSPS) is 13.5. The van der Waals surface area contributed by atoms with Crippen molar-refractivity contribution in [3.8, 4) is 10.6 Å². The first-order chi connectivity index (χ1) is 20.3. The average Bonchev–Trinajstić information content (AvgIpc) is 3.40. The highest BCUT2D eigenvalue weighted by atomic mass is 32.1. The highest BCUT2D eigenvalue weighted by molar-refractivity contribution is 7.18. The number of carbonyl (C=O) groups excluding carboxylic acids is 6. The van der Waals surface area contributed by atoms with Crippen LogP contribution < -0.4 is 10.7 Å². The Morgan fingerprint density at radius 3 is 2.12 bits per heavy atom. The summed E-state index contributed by atoms with van der Waals surface area (Å²) in [5.74, 6) is -4.92. The van der Waals surface area contributed by atoms with Gasteiger partial charge in [-0.1, -0.05) is 11.3 Å². The van der Waals surface area contributed by atoms with Gasteiger partial charge in [-0.3, -0.25) is 33.8 Å². The van der Waals surface area contributed by atoms with Gasteiger partial charge >= 0.3 is 29.8 Å². The van der Waals surface area contributed by atoms with Crippen molar-refractivity contribution in [3.63, 3.8) is 0 Å². The summed E-state index contributed by atoms with van der Waals surface area (Å²) < 4.78 is 25.9. The number of amides is 1. The Morgan fingerprint density at radius 2 is 1.53 bits per heavy atom. The van der Waals surface area contributed by atoms with E-state index in [0.29, 0.717) is 10.1 Å². The predicted molar refractivity (Wildman–Crippen MR) is 147 cm³/mol. The van der Waals surface area contributed by atoms with E-state index in [4.69, 9.17) is 23.7 Å². The maximum Gasteiger partial charge on any atom is 0.303 e.